The van der Waals surface area contributed by atoms with Crippen molar-refractivity contribution in [3.63, 3.8) is 0 Å². The number of nitro benzene ring substituents is 1. The van der Waals surface area contributed by atoms with E-state index in [1.54, 1.807) is 0 Å². The van der Waals surface area contributed by atoms with Crippen LogP contribution in [0.15, 0.2) is 18.2 Å². The maximum absolute atomic E-state index is 10.5. The van der Waals surface area contributed by atoms with Gasteiger partial charge < -0.3 is 4.74 Å². The largest absolute Gasteiger partial charge is 0.445 e. The van der Waals surface area contributed by atoms with Gasteiger partial charge in [-0.25, -0.2) is 0 Å². The van der Waals surface area contributed by atoms with Crippen LogP contribution in [-0.4, -0.2) is 8.90 Å². The third-order valence-corrected chi connectivity index (χ3v) is 1.90. The van der Waals surface area contributed by atoms with Crippen molar-refractivity contribution in [2.24, 2.45) is 0 Å². The minimum atomic E-state index is -1.97. The predicted octanol–water partition coefficient (Wildman–Crippen LogP) is 3.95. The number of ether oxygens (including phenoxy) is 1. The van der Waals surface area contributed by atoms with Gasteiger partial charge in [-0.15, -0.1) is 0 Å². The lowest BCUT2D eigenvalue weighted by molar-refractivity contribution is -0.384. The molecule has 0 aromatic heterocycles. The standard InChI is InChI=1S/C7H3Cl4NO3/c8-5-2-1-4(15-7(9,10)11)3-6(5)12(13)14/h1-3H. The summed E-state index contributed by atoms with van der Waals surface area (Å²) >= 11 is 21.6. The first-order valence-corrected chi connectivity index (χ1v) is 5.00. The van der Waals surface area contributed by atoms with Crippen molar-refractivity contribution in [3.8, 4) is 5.75 Å². The molecular weight excluding hydrogens is 288 g/mol. The van der Waals surface area contributed by atoms with E-state index in [0.717, 1.165) is 6.07 Å². The van der Waals surface area contributed by atoms with Crippen molar-refractivity contribution in [1.29, 1.82) is 0 Å². The van der Waals surface area contributed by atoms with Crippen LogP contribution in [0.25, 0.3) is 0 Å². The lowest BCUT2D eigenvalue weighted by atomic mass is 10.3. The Hall–Kier alpha value is -0.420. The Balaban J connectivity index is 3.03. The molecule has 0 radical (unpaired) electrons. The van der Waals surface area contributed by atoms with Crippen LogP contribution in [0.3, 0.4) is 0 Å². The molecule has 15 heavy (non-hydrogen) atoms. The summed E-state index contributed by atoms with van der Waals surface area (Å²) in [6.07, 6.45) is 0. The average molecular weight is 291 g/mol. The van der Waals surface area contributed by atoms with Crippen LogP contribution in [-0.2, 0) is 0 Å². The van der Waals surface area contributed by atoms with Crippen molar-refractivity contribution in [2.75, 3.05) is 0 Å². The van der Waals surface area contributed by atoms with E-state index in [9.17, 15) is 10.1 Å². The Morgan fingerprint density at radius 2 is 1.93 bits per heavy atom. The smallest absolute Gasteiger partial charge is 0.338 e. The van der Waals surface area contributed by atoms with Gasteiger partial charge in [-0.3, -0.25) is 10.1 Å². The highest BCUT2D eigenvalue weighted by Gasteiger charge is 2.23. The quantitative estimate of drug-likeness (QED) is 0.471. The van der Waals surface area contributed by atoms with Crippen LogP contribution < -0.4 is 4.74 Å². The SMILES string of the molecule is O=[N+]([O-])c1cc(OC(Cl)(Cl)Cl)ccc1Cl. The van der Waals surface area contributed by atoms with Gasteiger partial charge >= 0.3 is 3.98 Å². The van der Waals surface area contributed by atoms with E-state index >= 15 is 0 Å². The van der Waals surface area contributed by atoms with E-state index in [0.29, 0.717) is 0 Å². The number of nitrogens with zero attached hydrogens (tertiary/aromatic N) is 1. The van der Waals surface area contributed by atoms with Crippen LogP contribution >= 0.6 is 46.4 Å². The van der Waals surface area contributed by atoms with Crippen molar-refractivity contribution < 1.29 is 9.66 Å². The molecule has 1 aromatic rings. The molecule has 0 saturated carbocycles. The molecule has 4 nitrogen and oxygen atoms in total. The lowest BCUT2D eigenvalue weighted by Crippen LogP contribution is -2.12. The monoisotopic (exact) mass is 289 g/mol. The van der Waals surface area contributed by atoms with Crippen molar-refractivity contribution >= 4 is 52.1 Å². The number of rotatable bonds is 2. The first-order chi connectivity index (χ1) is 6.79. The second-order valence-electron chi connectivity index (χ2n) is 2.42. The topological polar surface area (TPSA) is 52.4 Å². The Kier molecular flexibility index (Phi) is 3.89. The number of nitro groups is 1. The van der Waals surface area contributed by atoms with E-state index in [1.807, 2.05) is 0 Å². The lowest BCUT2D eigenvalue weighted by Gasteiger charge is -2.13. The zero-order valence-corrected chi connectivity index (χ0v) is 9.94. The molecule has 1 aromatic carbocycles. The molecule has 0 bridgehead atoms. The van der Waals surface area contributed by atoms with Gasteiger partial charge in [-0.1, -0.05) is 11.6 Å². The third kappa shape index (κ3) is 3.91. The molecule has 0 fully saturated rings. The molecule has 0 aliphatic heterocycles. The van der Waals surface area contributed by atoms with Gasteiger partial charge in [0, 0.05) is 0 Å². The molecule has 0 saturated heterocycles. The highest BCUT2D eigenvalue weighted by Crippen LogP contribution is 2.34. The average Bonchev–Trinajstić information content (AvgIpc) is 2.05. The highest BCUT2D eigenvalue weighted by molar-refractivity contribution is 6.66. The summed E-state index contributed by atoms with van der Waals surface area (Å²) < 4.78 is 2.81. The maximum atomic E-state index is 10.5. The van der Waals surface area contributed by atoms with Gasteiger partial charge in [-0.05, 0) is 46.9 Å². The molecular formula is C7H3Cl4NO3. The van der Waals surface area contributed by atoms with Crippen LogP contribution in [0.5, 0.6) is 5.75 Å². The molecule has 0 heterocycles. The summed E-state index contributed by atoms with van der Waals surface area (Å²) in [6.45, 7) is 0. The molecule has 0 amide bonds. The molecule has 1 rings (SSSR count). The van der Waals surface area contributed by atoms with Crippen molar-refractivity contribution in [1.82, 2.24) is 0 Å². The molecule has 0 spiro atoms. The second kappa shape index (κ2) is 4.61. The Morgan fingerprint density at radius 3 is 2.40 bits per heavy atom. The first-order valence-electron chi connectivity index (χ1n) is 3.49. The minimum Gasteiger partial charge on any atom is -0.445 e. The van der Waals surface area contributed by atoms with E-state index in [1.165, 1.54) is 12.1 Å². The molecule has 0 N–H and O–H groups in total. The molecule has 0 atom stereocenters. The van der Waals surface area contributed by atoms with E-state index in [-0.39, 0.29) is 16.5 Å². The Labute approximate surface area is 105 Å². The van der Waals surface area contributed by atoms with Crippen molar-refractivity contribution in [2.45, 2.75) is 3.98 Å². The minimum absolute atomic E-state index is 0.0170. The summed E-state index contributed by atoms with van der Waals surface area (Å²) in [4.78, 5) is 9.85. The van der Waals surface area contributed by atoms with Gasteiger partial charge in [0.1, 0.15) is 10.8 Å². The van der Waals surface area contributed by atoms with Crippen LogP contribution in [0.1, 0.15) is 0 Å². The Morgan fingerprint density at radius 1 is 1.33 bits per heavy atom. The molecule has 0 aliphatic carbocycles. The van der Waals surface area contributed by atoms with Gasteiger partial charge in [0.15, 0.2) is 0 Å². The molecule has 0 unspecified atom stereocenters. The summed E-state index contributed by atoms with van der Waals surface area (Å²) in [5, 5.41) is 10.5. The van der Waals surface area contributed by atoms with Gasteiger partial charge in [0.25, 0.3) is 5.69 Å². The number of halogens is 4. The van der Waals surface area contributed by atoms with Gasteiger partial charge in [0.2, 0.25) is 0 Å². The number of alkyl halides is 3. The fourth-order valence-corrected chi connectivity index (χ4v) is 1.28. The van der Waals surface area contributed by atoms with Gasteiger partial charge in [-0.2, -0.15) is 0 Å². The normalized spacial score (nSPS) is 11.2. The van der Waals surface area contributed by atoms with Crippen molar-refractivity contribution in [3.05, 3.63) is 33.3 Å². The highest BCUT2D eigenvalue weighted by atomic mass is 35.6. The first kappa shape index (κ1) is 12.6. The van der Waals surface area contributed by atoms with Crippen LogP contribution in [0.2, 0.25) is 5.02 Å². The predicted molar refractivity (Wildman–Crippen MR) is 59.0 cm³/mol. The fourth-order valence-electron chi connectivity index (χ4n) is 0.830. The van der Waals surface area contributed by atoms with Crippen LogP contribution in [0, 0.1) is 10.1 Å². The third-order valence-electron chi connectivity index (χ3n) is 1.35. The zero-order chi connectivity index (χ0) is 11.6. The van der Waals surface area contributed by atoms with E-state index < -0.39 is 8.90 Å². The number of benzene rings is 1. The number of hydrogen-bond donors (Lipinski definition) is 0. The molecule has 8 heteroatoms. The second-order valence-corrected chi connectivity index (χ2v) is 5.00. The van der Waals surface area contributed by atoms with Crippen LogP contribution in [0.4, 0.5) is 5.69 Å². The Bertz CT molecular complexity index is 390. The summed E-state index contributed by atoms with van der Waals surface area (Å²) in [5.74, 6) is 0.0473. The summed E-state index contributed by atoms with van der Waals surface area (Å²) in [6, 6.07) is 3.72. The number of hydrogen-bond acceptors (Lipinski definition) is 3. The van der Waals surface area contributed by atoms with Gasteiger partial charge in [0.05, 0.1) is 11.0 Å². The summed E-state index contributed by atoms with van der Waals surface area (Å²) in [5.41, 5.74) is -0.316. The summed E-state index contributed by atoms with van der Waals surface area (Å²) in [7, 11) is 0. The molecule has 0 aliphatic rings. The van der Waals surface area contributed by atoms with E-state index in [4.69, 9.17) is 51.1 Å². The maximum Gasteiger partial charge on any atom is 0.338 e. The van der Waals surface area contributed by atoms with E-state index in [2.05, 4.69) is 0 Å². The zero-order valence-electron chi connectivity index (χ0n) is 6.92. The fraction of sp³-hybridized carbons (Fsp3) is 0.143. The molecule has 82 valence electrons.